The van der Waals surface area contributed by atoms with Crippen LogP contribution in [-0.2, 0) is 4.79 Å². The van der Waals surface area contributed by atoms with Crippen molar-refractivity contribution in [3.63, 3.8) is 0 Å². The van der Waals surface area contributed by atoms with Crippen LogP contribution in [0, 0.1) is 0 Å². The molecular formula is C23H19N3O2. The third-order valence-electron chi connectivity index (χ3n) is 4.41. The van der Waals surface area contributed by atoms with Crippen molar-refractivity contribution in [1.82, 2.24) is 4.98 Å². The van der Waals surface area contributed by atoms with Crippen LogP contribution in [0.5, 0.6) is 5.75 Å². The van der Waals surface area contributed by atoms with Crippen molar-refractivity contribution in [2.75, 3.05) is 10.6 Å². The highest BCUT2D eigenvalue weighted by Gasteiger charge is 2.09. The summed E-state index contributed by atoms with van der Waals surface area (Å²) in [5.74, 6) is 0.840. The summed E-state index contributed by atoms with van der Waals surface area (Å²) in [5, 5.41) is 17.9. The number of phenols is 1. The first-order valence-corrected chi connectivity index (χ1v) is 8.92. The number of aromatic nitrogens is 1. The topological polar surface area (TPSA) is 74.2 Å². The van der Waals surface area contributed by atoms with Gasteiger partial charge in [-0.25, -0.2) is 4.98 Å². The third kappa shape index (κ3) is 3.64. The number of nitrogens with one attached hydrogen (secondary N) is 2. The molecule has 28 heavy (non-hydrogen) atoms. The molecule has 1 heterocycles. The number of hydrogen-bond acceptors (Lipinski definition) is 4. The predicted octanol–water partition coefficient (Wildman–Crippen LogP) is 5.31. The SMILES string of the molecule is CC(=O)Nc1cccc(Nc2nccc3c(-c4cccc(O)c4)cccc23)c1. The second-order valence-corrected chi connectivity index (χ2v) is 6.50. The van der Waals surface area contributed by atoms with E-state index in [0.29, 0.717) is 0 Å². The molecule has 5 heteroatoms. The van der Waals surface area contributed by atoms with Crippen molar-refractivity contribution in [2.45, 2.75) is 6.92 Å². The summed E-state index contributed by atoms with van der Waals surface area (Å²) >= 11 is 0. The van der Waals surface area contributed by atoms with Gasteiger partial charge in [0.05, 0.1) is 0 Å². The first-order valence-electron chi connectivity index (χ1n) is 8.92. The number of aromatic hydroxyl groups is 1. The van der Waals surface area contributed by atoms with Crippen molar-refractivity contribution in [3.05, 3.63) is 79.0 Å². The molecule has 0 aliphatic carbocycles. The van der Waals surface area contributed by atoms with E-state index in [4.69, 9.17) is 0 Å². The smallest absolute Gasteiger partial charge is 0.221 e. The zero-order valence-electron chi connectivity index (χ0n) is 15.3. The molecule has 3 aromatic carbocycles. The zero-order valence-corrected chi connectivity index (χ0v) is 15.3. The fraction of sp³-hybridized carbons (Fsp3) is 0.0435. The lowest BCUT2D eigenvalue weighted by Gasteiger charge is -2.13. The number of phenolic OH excluding ortho intramolecular Hbond substituents is 1. The van der Waals surface area contributed by atoms with Gasteiger partial charge in [-0.15, -0.1) is 0 Å². The standard InChI is InChI=1S/C23H19N3O2/c1-15(27)25-17-6-3-7-18(14-17)26-23-22-10-4-9-20(21(22)11-12-24-23)16-5-2-8-19(28)13-16/h2-14,28H,1H3,(H,24,26)(H,25,27). The molecule has 0 fully saturated rings. The number of rotatable bonds is 4. The van der Waals surface area contributed by atoms with E-state index in [-0.39, 0.29) is 11.7 Å². The van der Waals surface area contributed by atoms with Crippen LogP contribution < -0.4 is 10.6 Å². The molecule has 0 saturated heterocycles. The minimum atomic E-state index is -0.115. The van der Waals surface area contributed by atoms with Crippen LogP contribution in [0.3, 0.4) is 0 Å². The Hall–Kier alpha value is -3.86. The summed E-state index contributed by atoms with van der Waals surface area (Å²) < 4.78 is 0. The maximum atomic E-state index is 11.3. The van der Waals surface area contributed by atoms with Gasteiger partial charge < -0.3 is 15.7 Å². The molecule has 0 saturated carbocycles. The van der Waals surface area contributed by atoms with Gasteiger partial charge in [0, 0.05) is 29.9 Å². The maximum absolute atomic E-state index is 11.3. The lowest BCUT2D eigenvalue weighted by Crippen LogP contribution is -2.05. The fourth-order valence-electron chi connectivity index (χ4n) is 3.25. The summed E-state index contributed by atoms with van der Waals surface area (Å²) in [7, 11) is 0. The molecule has 0 aliphatic rings. The fourth-order valence-corrected chi connectivity index (χ4v) is 3.25. The largest absolute Gasteiger partial charge is 0.508 e. The Morgan fingerprint density at radius 3 is 2.50 bits per heavy atom. The number of carbonyl (C=O) groups is 1. The van der Waals surface area contributed by atoms with Gasteiger partial charge in [-0.3, -0.25) is 4.79 Å². The van der Waals surface area contributed by atoms with E-state index in [1.54, 1.807) is 18.3 Å². The number of carbonyl (C=O) groups excluding carboxylic acids is 1. The molecule has 5 nitrogen and oxygen atoms in total. The van der Waals surface area contributed by atoms with Gasteiger partial charge >= 0.3 is 0 Å². The zero-order chi connectivity index (χ0) is 19.5. The quantitative estimate of drug-likeness (QED) is 0.456. The molecule has 0 spiro atoms. The summed E-state index contributed by atoms with van der Waals surface area (Å²) in [6.45, 7) is 1.48. The molecule has 0 radical (unpaired) electrons. The van der Waals surface area contributed by atoms with Gasteiger partial charge in [-0.05, 0) is 52.9 Å². The lowest BCUT2D eigenvalue weighted by atomic mass is 9.99. The molecular weight excluding hydrogens is 350 g/mol. The number of pyridine rings is 1. The predicted molar refractivity (Wildman–Crippen MR) is 113 cm³/mol. The average molecular weight is 369 g/mol. The highest BCUT2D eigenvalue weighted by molar-refractivity contribution is 6.02. The van der Waals surface area contributed by atoms with Crippen LogP contribution in [0.4, 0.5) is 17.2 Å². The maximum Gasteiger partial charge on any atom is 0.221 e. The van der Waals surface area contributed by atoms with Crippen LogP contribution in [0.25, 0.3) is 21.9 Å². The van der Waals surface area contributed by atoms with Crippen molar-refractivity contribution in [3.8, 4) is 16.9 Å². The average Bonchev–Trinajstić information content (AvgIpc) is 2.68. The number of fused-ring (bicyclic) bond motifs is 1. The van der Waals surface area contributed by atoms with Crippen LogP contribution in [0.15, 0.2) is 79.0 Å². The van der Waals surface area contributed by atoms with Gasteiger partial charge in [0.2, 0.25) is 5.91 Å². The van der Waals surface area contributed by atoms with Gasteiger partial charge in [0.1, 0.15) is 11.6 Å². The lowest BCUT2D eigenvalue weighted by molar-refractivity contribution is -0.114. The van der Waals surface area contributed by atoms with Gasteiger partial charge in [-0.2, -0.15) is 0 Å². The van der Waals surface area contributed by atoms with Gasteiger partial charge in [0.25, 0.3) is 0 Å². The molecule has 138 valence electrons. The Balaban J connectivity index is 1.75. The molecule has 3 N–H and O–H groups in total. The Bertz CT molecular complexity index is 1170. The van der Waals surface area contributed by atoms with Crippen molar-refractivity contribution >= 4 is 33.9 Å². The Morgan fingerprint density at radius 1 is 0.893 bits per heavy atom. The second-order valence-electron chi connectivity index (χ2n) is 6.50. The molecule has 0 bridgehead atoms. The van der Waals surface area contributed by atoms with Gasteiger partial charge in [0.15, 0.2) is 0 Å². The molecule has 0 aliphatic heterocycles. The molecule has 1 aromatic heterocycles. The highest BCUT2D eigenvalue weighted by atomic mass is 16.3. The van der Waals surface area contributed by atoms with E-state index >= 15 is 0 Å². The first kappa shape index (κ1) is 17.5. The normalized spacial score (nSPS) is 10.6. The van der Waals surface area contributed by atoms with E-state index in [1.807, 2.05) is 60.7 Å². The minimum Gasteiger partial charge on any atom is -0.508 e. The van der Waals surface area contributed by atoms with Crippen molar-refractivity contribution in [2.24, 2.45) is 0 Å². The first-order chi connectivity index (χ1) is 13.6. The molecule has 1 amide bonds. The molecule has 4 aromatic rings. The summed E-state index contributed by atoms with van der Waals surface area (Å²) in [4.78, 5) is 15.8. The van der Waals surface area contributed by atoms with Crippen LogP contribution in [0.2, 0.25) is 0 Å². The Morgan fingerprint density at radius 2 is 1.68 bits per heavy atom. The van der Waals surface area contributed by atoms with E-state index in [2.05, 4.69) is 15.6 Å². The number of anilines is 3. The number of hydrogen-bond donors (Lipinski definition) is 3. The summed E-state index contributed by atoms with van der Waals surface area (Å²) in [6, 6.07) is 22.7. The second kappa shape index (κ2) is 7.40. The van der Waals surface area contributed by atoms with E-state index in [0.717, 1.165) is 39.1 Å². The monoisotopic (exact) mass is 369 g/mol. The van der Waals surface area contributed by atoms with Crippen molar-refractivity contribution < 1.29 is 9.90 Å². The number of benzene rings is 3. The summed E-state index contributed by atoms with van der Waals surface area (Å²) in [5.41, 5.74) is 3.51. The van der Waals surface area contributed by atoms with E-state index < -0.39 is 0 Å². The molecule has 4 rings (SSSR count). The van der Waals surface area contributed by atoms with Crippen LogP contribution >= 0.6 is 0 Å². The third-order valence-corrected chi connectivity index (χ3v) is 4.41. The van der Waals surface area contributed by atoms with Gasteiger partial charge in [-0.1, -0.05) is 36.4 Å². The van der Waals surface area contributed by atoms with E-state index in [9.17, 15) is 9.90 Å². The minimum absolute atomic E-state index is 0.115. The number of amides is 1. The molecule has 0 atom stereocenters. The van der Waals surface area contributed by atoms with Crippen molar-refractivity contribution in [1.29, 1.82) is 0 Å². The summed E-state index contributed by atoms with van der Waals surface area (Å²) in [6.07, 6.45) is 1.76. The Labute approximate surface area is 162 Å². The van der Waals surface area contributed by atoms with Crippen LogP contribution in [0.1, 0.15) is 6.92 Å². The highest BCUT2D eigenvalue weighted by Crippen LogP contribution is 2.33. The molecule has 0 unspecified atom stereocenters. The Kier molecular flexibility index (Phi) is 4.64. The van der Waals surface area contributed by atoms with Crippen LogP contribution in [-0.4, -0.2) is 16.0 Å². The number of nitrogens with zero attached hydrogens (tertiary/aromatic N) is 1. The van der Waals surface area contributed by atoms with E-state index in [1.165, 1.54) is 6.92 Å².